The first-order valence-electron chi connectivity index (χ1n) is 18.2. The molecule has 244 valence electrons. The molecule has 11 rings (SSSR count). The summed E-state index contributed by atoms with van der Waals surface area (Å²) in [6, 6.07) is 62.6. The third kappa shape index (κ3) is 4.11. The van der Waals surface area contributed by atoms with Crippen molar-refractivity contribution in [3.63, 3.8) is 0 Å². The zero-order chi connectivity index (χ0) is 34.6. The molecule has 0 saturated heterocycles. The normalized spacial score (nSPS) is 13.3. The summed E-state index contributed by atoms with van der Waals surface area (Å²) < 4.78 is 6.27. The molecule has 0 saturated carbocycles. The Morgan fingerprint density at radius 2 is 0.904 bits per heavy atom. The molecule has 0 spiro atoms. The minimum Gasteiger partial charge on any atom is -0.456 e. The zero-order valence-electron chi connectivity index (χ0n) is 29.1. The van der Waals surface area contributed by atoms with Crippen LogP contribution in [0.15, 0.2) is 174 Å². The van der Waals surface area contributed by atoms with Crippen LogP contribution in [0.3, 0.4) is 0 Å². The van der Waals surface area contributed by atoms with Crippen LogP contribution < -0.4 is 0 Å². The zero-order valence-corrected chi connectivity index (χ0v) is 29.1. The van der Waals surface area contributed by atoms with E-state index in [0.717, 1.165) is 21.9 Å². The van der Waals surface area contributed by atoms with Crippen molar-refractivity contribution in [2.75, 3.05) is 0 Å². The summed E-state index contributed by atoms with van der Waals surface area (Å²) in [6.45, 7) is 4.74. The third-order valence-electron chi connectivity index (χ3n) is 11.7. The van der Waals surface area contributed by atoms with Gasteiger partial charge < -0.3 is 4.42 Å². The van der Waals surface area contributed by atoms with E-state index in [9.17, 15) is 0 Å². The summed E-state index contributed by atoms with van der Waals surface area (Å²) >= 11 is 0. The molecule has 0 atom stereocenters. The molecule has 10 aromatic rings. The van der Waals surface area contributed by atoms with E-state index in [0.29, 0.717) is 0 Å². The fourth-order valence-corrected chi connectivity index (χ4v) is 9.19. The summed E-state index contributed by atoms with van der Waals surface area (Å²) in [7, 11) is 0. The van der Waals surface area contributed by atoms with Crippen LogP contribution in [0.4, 0.5) is 0 Å². The van der Waals surface area contributed by atoms with E-state index in [1.165, 1.54) is 88.0 Å². The number of hydrogen-bond acceptors (Lipinski definition) is 1. The highest BCUT2D eigenvalue weighted by atomic mass is 16.3. The summed E-state index contributed by atoms with van der Waals surface area (Å²) in [5, 5.41) is 9.80. The molecule has 0 unspecified atom stereocenters. The lowest BCUT2D eigenvalue weighted by Gasteiger charge is -2.23. The van der Waals surface area contributed by atoms with Gasteiger partial charge in [-0.15, -0.1) is 0 Å². The number of para-hydroxylation sites is 1. The maximum Gasteiger partial charge on any atom is 0.135 e. The Labute approximate surface area is 302 Å². The van der Waals surface area contributed by atoms with Crippen molar-refractivity contribution >= 4 is 54.3 Å². The Kier molecular flexibility index (Phi) is 6.08. The molecule has 1 aliphatic rings. The molecule has 1 heteroatoms. The average Bonchev–Trinajstić information content (AvgIpc) is 3.67. The fraction of sp³-hybridized carbons (Fsp3) is 0.0588. The molecule has 0 bridgehead atoms. The van der Waals surface area contributed by atoms with Crippen molar-refractivity contribution in [3.05, 3.63) is 181 Å². The van der Waals surface area contributed by atoms with E-state index >= 15 is 0 Å². The number of hydrogen-bond donors (Lipinski definition) is 0. The quantitative estimate of drug-likeness (QED) is 0.172. The monoisotopic (exact) mass is 662 g/mol. The van der Waals surface area contributed by atoms with Crippen LogP contribution in [0.5, 0.6) is 0 Å². The maximum atomic E-state index is 6.27. The molecule has 1 heterocycles. The number of fused-ring (bicyclic) bond motifs is 9. The smallest absolute Gasteiger partial charge is 0.135 e. The van der Waals surface area contributed by atoms with Gasteiger partial charge in [-0.2, -0.15) is 0 Å². The van der Waals surface area contributed by atoms with E-state index in [-0.39, 0.29) is 5.41 Å². The van der Waals surface area contributed by atoms with Crippen molar-refractivity contribution in [2.24, 2.45) is 0 Å². The van der Waals surface area contributed by atoms with Crippen LogP contribution in [-0.2, 0) is 5.41 Å². The van der Waals surface area contributed by atoms with Gasteiger partial charge in [-0.25, -0.2) is 0 Å². The van der Waals surface area contributed by atoms with E-state index in [2.05, 4.69) is 178 Å². The van der Waals surface area contributed by atoms with Gasteiger partial charge >= 0.3 is 0 Å². The molecule has 0 N–H and O–H groups in total. The Bertz CT molecular complexity index is 3090. The molecule has 1 nitrogen and oxygen atoms in total. The summed E-state index contributed by atoms with van der Waals surface area (Å²) in [4.78, 5) is 0. The number of benzene rings is 9. The summed E-state index contributed by atoms with van der Waals surface area (Å²) in [5.74, 6) is 0. The Morgan fingerprint density at radius 1 is 0.346 bits per heavy atom. The van der Waals surface area contributed by atoms with Crippen molar-refractivity contribution < 1.29 is 4.42 Å². The van der Waals surface area contributed by atoms with Crippen LogP contribution in [0.2, 0.25) is 0 Å². The first kappa shape index (κ1) is 29.3. The molecule has 1 aromatic heterocycles. The van der Waals surface area contributed by atoms with Crippen molar-refractivity contribution in [1.29, 1.82) is 0 Å². The number of rotatable bonds is 3. The molecule has 0 amide bonds. The highest BCUT2D eigenvalue weighted by Gasteiger charge is 2.35. The lowest BCUT2D eigenvalue weighted by Crippen LogP contribution is -2.14. The molecular formula is C51H34O. The molecule has 0 fully saturated rings. The average molecular weight is 663 g/mol. The van der Waals surface area contributed by atoms with Gasteiger partial charge in [-0.05, 0) is 118 Å². The lowest BCUT2D eigenvalue weighted by molar-refractivity contribution is 0.660. The van der Waals surface area contributed by atoms with Gasteiger partial charge in [0.15, 0.2) is 0 Å². The first-order chi connectivity index (χ1) is 25.5. The van der Waals surface area contributed by atoms with Gasteiger partial charge in [0.2, 0.25) is 0 Å². The third-order valence-corrected chi connectivity index (χ3v) is 11.7. The van der Waals surface area contributed by atoms with Crippen LogP contribution in [0.25, 0.3) is 98.8 Å². The molecule has 9 aromatic carbocycles. The minimum atomic E-state index is -0.0929. The van der Waals surface area contributed by atoms with E-state index < -0.39 is 0 Å². The molecule has 1 aliphatic carbocycles. The van der Waals surface area contributed by atoms with E-state index in [4.69, 9.17) is 4.42 Å². The Balaban J connectivity index is 1.24. The van der Waals surface area contributed by atoms with Crippen LogP contribution >= 0.6 is 0 Å². The van der Waals surface area contributed by atoms with Gasteiger partial charge in [-0.1, -0.05) is 153 Å². The van der Waals surface area contributed by atoms with Gasteiger partial charge in [0.1, 0.15) is 11.2 Å². The molecule has 0 aliphatic heterocycles. The molecule has 0 radical (unpaired) electrons. The Morgan fingerprint density at radius 3 is 1.77 bits per heavy atom. The largest absolute Gasteiger partial charge is 0.456 e. The predicted octanol–water partition coefficient (Wildman–Crippen LogP) is 14.4. The first-order valence-corrected chi connectivity index (χ1v) is 18.2. The standard InChI is InChI=1S/C51H34O/c1-51(2)45-20-9-7-15-37(45)38-25-23-34(30-46(38)51)50-41-18-6-5-17-40(41)49(33-24-27-48-43(29-33)39-16-8-10-21-47(39)52-48)42-26-22-32(28-44(42)50)36-19-11-13-31-12-3-4-14-35(31)36/h3-30H,1-2H3. The maximum absolute atomic E-state index is 6.27. The van der Waals surface area contributed by atoms with Crippen LogP contribution in [-0.4, -0.2) is 0 Å². The topological polar surface area (TPSA) is 13.1 Å². The van der Waals surface area contributed by atoms with Crippen LogP contribution in [0, 0.1) is 0 Å². The van der Waals surface area contributed by atoms with Crippen molar-refractivity contribution in [1.82, 2.24) is 0 Å². The SMILES string of the molecule is CC1(C)c2ccccc2-c2ccc(-c3c4ccccc4c(-c4ccc5oc6ccccc6c5c4)c4ccc(-c5cccc6ccccc56)cc34)cc21. The van der Waals surface area contributed by atoms with Gasteiger partial charge in [-0.3, -0.25) is 0 Å². The van der Waals surface area contributed by atoms with Crippen LogP contribution in [0.1, 0.15) is 25.0 Å². The van der Waals surface area contributed by atoms with Crippen molar-refractivity contribution in [2.45, 2.75) is 19.3 Å². The second-order valence-corrected chi connectivity index (χ2v) is 14.8. The second kappa shape index (κ2) is 10.8. The van der Waals surface area contributed by atoms with Gasteiger partial charge in [0.05, 0.1) is 0 Å². The van der Waals surface area contributed by atoms with Gasteiger partial charge in [0.25, 0.3) is 0 Å². The minimum absolute atomic E-state index is 0.0929. The van der Waals surface area contributed by atoms with Gasteiger partial charge in [0, 0.05) is 16.2 Å². The highest BCUT2D eigenvalue weighted by Crippen LogP contribution is 2.52. The van der Waals surface area contributed by atoms with E-state index in [1.54, 1.807) is 0 Å². The number of furan rings is 1. The second-order valence-electron chi connectivity index (χ2n) is 14.8. The molecular weight excluding hydrogens is 629 g/mol. The summed E-state index contributed by atoms with van der Waals surface area (Å²) in [6.07, 6.45) is 0. The predicted molar refractivity (Wildman–Crippen MR) is 220 cm³/mol. The summed E-state index contributed by atoms with van der Waals surface area (Å²) in [5.41, 5.74) is 14.6. The van der Waals surface area contributed by atoms with E-state index in [1.807, 2.05) is 6.07 Å². The molecule has 52 heavy (non-hydrogen) atoms. The fourth-order valence-electron chi connectivity index (χ4n) is 9.19. The highest BCUT2D eigenvalue weighted by molar-refractivity contribution is 6.23. The van der Waals surface area contributed by atoms with Crippen molar-refractivity contribution in [3.8, 4) is 44.5 Å². The lowest BCUT2D eigenvalue weighted by atomic mass is 9.80. The Hall–Kier alpha value is -6.44.